The quantitative estimate of drug-likeness (QED) is 0.615. The van der Waals surface area contributed by atoms with Crippen LogP contribution in [0, 0.1) is 0 Å². The second-order valence-electron chi connectivity index (χ2n) is 2.68. The number of phenols is 1. The molecule has 0 bridgehead atoms. The molecule has 0 saturated heterocycles. The van der Waals surface area contributed by atoms with E-state index in [1.54, 1.807) is 6.07 Å². The zero-order chi connectivity index (χ0) is 9.84. The average Bonchev–Trinajstić information content (AvgIpc) is 2.08. The predicted molar refractivity (Wildman–Crippen MR) is 47.4 cm³/mol. The van der Waals surface area contributed by atoms with E-state index >= 15 is 0 Å². The second kappa shape index (κ2) is 3.91. The minimum Gasteiger partial charge on any atom is -0.508 e. The van der Waals surface area contributed by atoms with Crippen LogP contribution in [-0.4, -0.2) is 22.7 Å². The summed E-state index contributed by atoms with van der Waals surface area (Å²) in [5.41, 5.74) is 5.87. The summed E-state index contributed by atoms with van der Waals surface area (Å²) in [5, 5.41) is 18.0. The number of hydrogen-bond donors (Lipinski definition) is 3. The van der Waals surface area contributed by atoms with Gasteiger partial charge in [0, 0.05) is 12.2 Å². The lowest BCUT2D eigenvalue weighted by Gasteiger charge is -2.03. The molecule has 70 valence electrons. The van der Waals surface area contributed by atoms with Gasteiger partial charge in [-0.15, -0.1) is 0 Å². The van der Waals surface area contributed by atoms with Crippen molar-refractivity contribution in [3.05, 3.63) is 29.3 Å². The standard InChI is InChI=1S/C9H11NO3/c10-9(13)7-2-1-6(3-4-11)8(12)5-7/h1-2,5,11-12H,3-4H2,(H2,10,13). The molecule has 13 heavy (non-hydrogen) atoms. The van der Waals surface area contributed by atoms with Gasteiger partial charge in [-0.3, -0.25) is 4.79 Å². The van der Waals surface area contributed by atoms with Crippen LogP contribution in [0.15, 0.2) is 18.2 Å². The van der Waals surface area contributed by atoms with Crippen molar-refractivity contribution in [3.63, 3.8) is 0 Å². The molecule has 0 saturated carbocycles. The van der Waals surface area contributed by atoms with Crippen LogP contribution in [0.3, 0.4) is 0 Å². The van der Waals surface area contributed by atoms with Crippen LogP contribution >= 0.6 is 0 Å². The highest BCUT2D eigenvalue weighted by Gasteiger charge is 2.05. The van der Waals surface area contributed by atoms with Crippen LogP contribution in [0.4, 0.5) is 0 Å². The smallest absolute Gasteiger partial charge is 0.248 e. The number of phenolic OH excluding ortho intramolecular Hbond substituents is 1. The highest BCUT2D eigenvalue weighted by Crippen LogP contribution is 2.18. The number of benzene rings is 1. The SMILES string of the molecule is NC(=O)c1ccc(CCO)c(O)c1. The van der Waals surface area contributed by atoms with Gasteiger partial charge in [0.15, 0.2) is 0 Å². The van der Waals surface area contributed by atoms with Crippen LogP contribution in [0.25, 0.3) is 0 Å². The highest BCUT2D eigenvalue weighted by molar-refractivity contribution is 5.93. The number of hydrogen-bond acceptors (Lipinski definition) is 3. The summed E-state index contributed by atoms with van der Waals surface area (Å²) in [6.45, 7) is -0.0382. The summed E-state index contributed by atoms with van der Waals surface area (Å²) < 4.78 is 0. The van der Waals surface area contributed by atoms with E-state index in [9.17, 15) is 9.90 Å². The van der Waals surface area contributed by atoms with Crippen molar-refractivity contribution < 1.29 is 15.0 Å². The van der Waals surface area contributed by atoms with Crippen LogP contribution < -0.4 is 5.73 Å². The molecule has 0 aliphatic rings. The Balaban J connectivity index is 2.98. The van der Waals surface area contributed by atoms with Crippen molar-refractivity contribution in [1.29, 1.82) is 0 Å². The number of carbonyl (C=O) groups excluding carboxylic acids is 1. The zero-order valence-corrected chi connectivity index (χ0v) is 7.03. The van der Waals surface area contributed by atoms with E-state index in [4.69, 9.17) is 10.8 Å². The number of aromatic hydroxyl groups is 1. The normalized spacial score (nSPS) is 9.92. The molecule has 1 amide bonds. The van der Waals surface area contributed by atoms with Crippen molar-refractivity contribution in [2.75, 3.05) is 6.61 Å². The fraction of sp³-hybridized carbons (Fsp3) is 0.222. The Bertz CT molecular complexity index is 323. The molecule has 1 aromatic rings. The minimum atomic E-state index is -0.578. The molecule has 0 radical (unpaired) electrons. The number of amides is 1. The molecule has 0 unspecified atom stereocenters. The van der Waals surface area contributed by atoms with Gasteiger partial charge in [-0.25, -0.2) is 0 Å². The summed E-state index contributed by atoms with van der Waals surface area (Å²) >= 11 is 0. The van der Waals surface area contributed by atoms with Crippen molar-refractivity contribution in [3.8, 4) is 5.75 Å². The Morgan fingerprint density at radius 1 is 1.46 bits per heavy atom. The molecular formula is C9H11NO3. The first kappa shape index (κ1) is 9.54. The molecule has 0 fully saturated rings. The first-order valence-corrected chi connectivity index (χ1v) is 3.87. The lowest BCUT2D eigenvalue weighted by atomic mass is 10.1. The van der Waals surface area contributed by atoms with Crippen LogP contribution in [0.1, 0.15) is 15.9 Å². The maximum Gasteiger partial charge on any atom is 0.248 e. The van der Waals surface area contributed by atoms with E-state index in [1.807, 2.05) is 0 Å². The molecule has 4 nitrogen and oxygen atoms in total. The summed E-state index contributed by atoms with van der Waals surface area (Å²) in [7, 11) is 0. The summed E-state index contributed by atoms with van der Waals surface area (Å²) in [4.78, 5) is 10.7. The fourth-order valence-corrected chi connectivity index (χ4v) is 1.05. The molecule has 4 heteroatoms. The van der Waals surface area contributed by atoms with E-state index in [0.29, 0.717) is 12.0 Å². The van der Waals surface area contributed by atoms with Gasteiger partial charge < -0.3 is 15.9 Å². The number of rotatable bonds is 3. The second-order valence-corrected chi connectivity index (χ2v) is 2.68. The van der Waals surface area contributed by atoms with Gasteiger partial charge in [0.25, 0.3) is 0 Å². The van der Waals surface area contributed by atoms with Crippen molar-refractivity contribution in [1.82, 2.24) is 0 Å². The fourth-order valence-electron chi connectivity index (χ4n) is 1.05. The molecule has 0 spiro atoms. The van der Waals surface area contributed by atoms with Gasteiger partial charge in [0.1, 0.15) is 5.75 Å². The van der Waals surface area contributed by atoms with Crippen molar-refractivity contribution in [2.24, 2.45) is 5.73 Å². The van der Waals surface area contributed by atoms with Crippen LogP contribution in [0.5, 0.6) is 5.75 Å². The van der Waals surface area contributed by atoms with Crippen molar-refractivity contribution in [2.45, 2.75) is 6.42 Å². The number of aliphatic hydroxyl groups is 1. The lowest BCUT2D eigenvalue weighted by Crippen LogP contribution is -2.10. The Morgan fingerprint density at radius 3 is 2.62 bits per heavy atom. The predicted octanol–water partition coefficient (Wildman–Crippen LogP) is 0.0259. The van der Waals surface area contributed by atoms with E-state index < -0.39 is 5.91 Å². The number of aliphatic hydroxyl groups excluding tert-OH is 1. The summed E-state index contributed by atoms with van der Waals surface area (Å²) in [6.07, 6.45) is 0.366. The Morgan fingerprint density at radius 2 is 2.15 bits per heavy atom. The molecule has 0 aromatic heterocycles. The maximum absolute atomic E-state index is 10.7. The first-order valence-electron chi connectivity index (χ1n) is 3.87. The monoisotopic (exact) mass is 181 g/mol. The average molecular weight is 181 g/mol. The lowest BCUT2D eigenvalue weighted by molar-refractivity contribution is 0.1000. The first-order chi connectivity index (χ1) is 6.15. The topological polar surface area (TPSA) is 83.6 Å². The number of nitrogens with two attached hydrogens (primary N) is 1. The van der Waals surface area contributed by atoms with Crippen LogP contribution in [-0.2, 0) is 6.42 Å². The van der Waals surface area contributed by atoms with E-state index in [2.05, 4.69) is 0 Å². The molecule has 0 aliphatic heterocycles. The summed E-state index contributed by atoms with van der Waals surface area (Å²) in [6, 6.07) is 4.39. The molecule has 1 aromatic carbocycles. The van der Waals surface area contributed by atoms with E-state index in [1.165, 1.54) is 12.1 Å². The number of carbonyl (C=O) groups is 1. The van der Waals surface area contributed by atoms with Gasteiger partial charge in [0.05, 0.1) is 0 Å². The Labute approximate surface area is 75.6 Å². The number of primary amides is 1. The zero-order valence-electron chi connectivity index (χ0n) is 7.03. The molecule has 0 heterocycles. The summed E-state index contributed by atoms with van der Waals surface area (Å²) in [5.74, 6) is -0.587. The van der Waals surface area contributed by atoms with E-state index in [0.717, 1.165) is 0 Å². The molecule has 4 N–H and O–H groups in total. The largest absolute Gasteiger partial charge is 0.508 e. The third-order valence-corrected chi connectivity index (χ3v) is 1.75. The van der Waals surface area contributed by atoms with Gasteiger partial charge in [0.2, 0.25) is 5.91 Å². The van der Waals surface area contributed by atoms with Gasteiger partial charge in [-0.1, -0.05) is 6.07 Å². The third-order valence-electron chi connectivity index (χ3n) is 1.75. The molecule has 0 atom stereocenters. The molecular weight excluding hydrogens is 170 g/mol. The van der Waals surface area contributed by atoms with Gasteiger partial charge in [-0.05, 0) is 24.1 Å². The molecule has 1 rings (SSSR count). The van der Waals surface area contributed by atoms with Gasteiger partial charge in [-0.2, -0.15) is 0 Å². The molecule has 0 aliphatic carbocycles. The Hall–Kier alpha value is -1.55. The highest BCUT2D eigenvalue weighted by atomic mass is 16.3. The third kappa shape index (κ3) is 2.19. The Kier molecular flexibility index (Phi) is 2.87. The van der Waals surface area contributed by atoms with Crippen LogP contribution in [0.2, 0.25) is 0 Å². The van der Waals surface area contributed by atoms with E-state index in [-0.39, 0.29) is 17.9 Å². The van der Waals surface area contributed by atoms with Gasteiger partial charge >= 0.3 is 0 Å². The van der Waals surface area contributed by atoms with Crippen molar-refractivity contribution >= 4 is 5.91 Å². The maximum atomic E-state index is 10.7. The minimum absolute atomic E-state index is 0.00894.